The fourth-order valence-corrected chi connectivity index (χ4v) is 2.27. The molecule has 1 aromatic heterocycles. The minimum absolute atomic E-state index is 0.0987. The van der Waals surface area contributed by atoms with Crippen molar-refractivity contribution >= 4 is 23.6 Å². The Hall–Kier alpha value is -1.57. The molecule has 8 heteroatoms. The Bertz CT molecular complexity index is 537. The van der Waals surface area contributed by atoms with Gasteiger partial charge in [-0.25, -0.2) is 4.79 Å². The van der Waals surface area contributed by atoms with Crippen molar-refractivity contribution in [3.8, 4) is 0 Å². The zero-order valence-electron chi connectivity index (χ0n) is 14.5. The minimum Gasteiger partial charge on any atom is -0.444 e. The molecule has 130 valence electrons. The molecule has 1 rings (SSSR count). The van der Waals surface area contributed by atoms with E-state index in [1.165, 1.54) is 11.8 Å². The van der Waals surface area contributed by atoms with E-state index in [0.717, 1.165) is 12.2 Å². The van der Waals surface area contributed by atoms with Gasteiger partial charge in [-0.05, 0) is 33.1 Å². The predicted molar refractivity (Wildman–Crippen MR) is 87.6 cm³/mol. The van der Waals surface area contributed by atoms with Crippen molar-refractivity contribution in [2.24, 2.45) is 5.92 Å². The first-order valence-corrected chi connectivity index (χ1v) is 8.62. The largest absolute Gasteiger partial charge is 0.444 e. The standard InChI is InChI=1S/C15H25N3O4S/c1-7-8-23-14-18-17-12(21-14)11(19)10(9(2)3)16-13(20)22-15(4,5)6/h9-10H,7-8H2,1-6H3,(H,16,20). The SMILES string of the molecule is CCCSc1nnc(C(=O)C(NC(=O)OC(C)(C)C)C(C)C)o1. The first-order valence-electron chi connectivity index (χ1n) is 7.64. The monoisotopic (exact) mass is 343 g/mol. The summed E-state index contributed by atoms with van der Waals surface area (Å²) in [5.41, 5.74) is -0.636. The highest BCUT2D eigenvalue weighted by atomic mass is 32.2. The second kappa shape index (κ2) is 8.33. The van der Waals surface area contributed by atoms with E-state index in [4.69, 9.17) is 9.15 Å². The Morgan fingerprint density at radius 1 is 1.30 bits per heavy atom. The predicted octanol–water partition coefficient (Wildman–Crippen LogP) is 3.30. The molecule has 0 aliphatic carbocycles. The minimum atomic E-state index is -0.783. The first-order chi connectivity index (χ1) is 10.6. The first kappa shape index (κ1) is 19.5. The number of alkyl carbamates (subject to hydrolysis) is 1. The molecule has 0 aliphatic rings. The third-order valence-electron chi connectivity index (χ3n) is 2.67. The Labute approximate surface area is 140 Å². The lowest BCUT2D eigenvalue weighted by molar-refractivity contribution is 0.0471. The van der Waals surface area contributed by atoms with Crippen LogP contribution in [-0.4, -0.2) is 39.5 Å². The Morgan fingerprint density at radius 2 is 1.96 bits per heavy atom. The number of amides is 1. The number of rotatable bonds is 7. The number of carbonyl (C=O) groups is 2. The summed E-state index contributed by atoms with van der Waals surface area (Å²) < 4.78 is 10.5. The summed E-state index contributed by atoms with van der Waals surface area (Å²) in [6.07, 6.45) is 0.315. The van der Waals surface area contributed by atoms with E-state index < -0.39 is 23.5 Å². The number of thioether (sulfide) groups is 1. The summed E-state index contributed by atoms with van der Waals surface area (Å²) in [5.74, 6) is 0.174. The number of aromatic nitrogens is 2. The molecule has 1 atom stereocenters. The summed E-state index contributed by atoms with van der Waals surface area (Å²) >= 11 is 1.40. The smallest absolute Gasteiger partial charge is 0.408 e. The van der Waals surface area contributed by atoms with Crippen LogP contribution in [0.4, 0.5) is 4.79 Å². The van der Waals surface area contributed by atoms with Gasteiger partial charge in [-0.2, -0.15) is 0 Å². The van der Waals surface area contributed by atoms with Crippen LogP contribution in [0.3, 0.4) is 0 Å². The van der Waals surface area contributed by atoms with Gasteiger partial charge in [0, 0.05) is 5.75 Å². The molecular weight excluding hydrogens is 318 g/mol. The average Bonchev–Trinajstić information content (AvgIpc) is 2.88. The highest BCUT2D eigenvalue weighted by molar-refractivity contribution is 7.99. The average molecular weight is 343 g/mol. The molecule has 0 radical (unpaired) electrons. The van der Waals surface area contributed by atoms with Gasteiger partial charge >= 0.3 is 6.09 Å². The second-order valence-electron chi connectivity index (χ2n) is 6.45. The molecule has 23 heavy (non-hydrogen) atoms. The molecule has 0 fully saturated rings. The van der Waals surface area contributed by atoms with Gasteiger partial charge in [0.05, 0.1) is 0 Å². The van der Waals surface area contributed by atoms with E-state index in [9.17, 15) is 9.59 Å². The molecule has 0 aliphatic heterocycles. The fraction of sp³-hybridized carbons (Fsp3) is 0.733. The van der Waals surface area contributed by atoms with E-state index in [0.29, 0.717) is 5.22 Å². The van der Waals surface area contributed by atoms with Crippen LogP contribution in [0.1, 0.15) is 58.6 Å². The van der Waals surface area contributed by atoms with E-state index in [2.05, 4.69) is 15.5 Å². The van der Waals surface area contributed by atoms with Crippen LogP contribution >= 0.6 is 11.8 Å². The maximum Gasteiger partial charge on any atom is 0.408 e. The third-order valence-corrected chi connectivity index (χ3v) is 3.69. The molecule has 0 aromatic carbocycles. The molecule has 0 spiro atoms. The van der Waals surface area contributed by atoms with E-state index in [1.54, 1.807) is 20.8 Å². The number of ether oxygens (including phenoxy) is 1. The van der Waals surface area contributed by atoms with E-state index >= 15 is 0 Å². The summed E-state index contributed by atoms with van der Waals surface area (Å²) in [6, 6.07) is -0.783. The molecule has 1 N–H and O–H groups in total. The number of carbonyl (C=O) groups excluding carboxylic acids is 2. The highest BCUT2D eigenvalue weighted by Gasteiger charge is 2.31. The molecule has 0 bridgehead atoms. The molecular formula is C15H25N3O4S. The van der Waals surface area contributed by atoms with Gasteiger partial charge in [0.2, 0.25) is 5.78 Å². The van der Waals surface area contributed by atoms with Crippen molar-refractivity contribution in [3.05, 3.63) is 5.89 Å². The fourth-order valence-electron chi connectivity index (χ4n) is 1.66. The van der Waals surface area contributed by atoms with Crippen molar-refractivity contribution in [1.82, 2.24) is 15.5 Å². The summed E-state index contributed by atoms with van der Waals surface area (Å²) in [5, 5.41) is 10.5. The second-order valence-corrected chi connectivity index (χ2v) is 7.50. The quantitative estimate of drug-likeness (QED) is 0.599. The maximum absolute atomic E-state index is 12.5. The Kier molecular flexibility index (Phi) is 7.05. The molecule has 1 heterocycles. The van der Waals surface area contributed by atoms with Crippen molar-refractivity contribution in [2.45, 2.75) is 64.8 Å². The number of Topliss-reactive ketones (excluding diaryl/α,β-unsaturated/α-hetero) is 1. The van der Waals surface area contributed by atoms with Gasteiger partial charge < -0.3 is 14.5 Å². The molecule has 1 amide bonds. The van der Waals surface area contributed by atoms with Gasteiger partial charge in [0.25, 0.3) is 11.1 Å². The lowest BCUT2D eigenvalue weighted by atomic mass is 10.00. The van der Waals surface area contributed by atoms with Crippen LogP contribution in [0.25, 0.3) is 0 Å². The van der Waals surface area contributed by atoms with Crippen LogP contribution < -0.4 is 5.32 Å². The number of hydrogen-bond donors (Lipinski definition) is 1. The lowest BCUT2D eigenvalue weighted by Crippen LogP contribution is -2.46. The zero-order valence-corrected chi connectivity index (χ0v) is 15.3. The molecule has 1 aromatic rings. The highest BCUT2D eigenvalue weighted by Crippen LogP contribution is 2.19. The number of nitrogens with zero attached hydrogens (tertiary/aromatic N) is 2. The van der Waals surface area contributed by atoms with Gasteiger partial charge in [-0.1, -0.05) is 32.5 Å². The molecule has 1 unspecified atom stereocenters. The van der Waals surface area contributed by atoms with Crippen molar-refractivity contribution in [2.75, 3.05) is 5.75 Å². The normalized spacial score (nSPS) is 13.0. The Morgan fingerprint density at radius 3 is 2.48 bits per heavy atom. The van der Waals surface area contributed by atoms with Crippen LogP contribution in [-0.2, 0) is 4.74 Å². The van der Waals surface area contributed by atoms with Crippen LogP contribution in [0.2, 0.25) is 0 Å². The molecule has 7 nitrogen and oxygen atoms in total. The Balaban J connectivity index is 2.78. The van der Waals surface area contributed by atoms with Crippen molar-refractivity contribution in [3.63, 3.8) is 0 Å². The van der Waals surface area contributed by atoms with Crippen molar-refractivity contribution < 1.29 is 18.7 Å². The van der Waals surface area contributed by atoms with Gasteiger partial charge in [0.15, 0.2) is 0 Å². The number of hydrogen-bond acceptors (Lipinski definition) is 7. The topological polar surface area (TPSA) is 94.3 Å². The summed E-state index contributed by atoms with van der Waals surface area (Å²) in [7, 11) is 0. The third kappa shape index (κ3) is 6.60. The van der Waals surface area contributed by atoms with Crippen LogP contribution in [0, 0.1) is 5.92 Å². The maximum atomic E-state index is 12.5. The van der Waals surface area contributed by atoms with Crippen LogP contribution in [0.5, 0.6) is 0 Å². The molecule has 0 saturated heterocycles. The molecule has 0 saturated carbocycles. The lowest BCUT2D eigenvalue weighted by Gasteiger charge is -2.24. The van der Waals surface area contributed by atoms with Crippen molar-refractivity contribution in [1.29, 1.82) is 0 Å². The zero-order chi connectivity index (χ0) is 17.6. The summed E-state index contributed by atoms with van der Waals surface area (Å²) in [4.78, 5) is 24.4. The number of ketones is 1. The van der Waals surface area contributed by atoms with Gasteiger partial charge in [-0.15, -0.1) is 10.2 Å². The van der Waals surface area contributed by atoms with E-state index in [-0.39, 0.29) is 11.8 Å². The van der Waals surface area contributed by atoms with Gasteiger partial charge in [0.1, 0.15) is 11.6 Å². The van der Waals surface area contributed by atoms with E-state index in [1.807, 2.05) is 20.8 Å². The van der Waals surface area contributed by atoms with Crippen LogP contribution in [0.15, 0.2) is 9.64 Å². The van der Waals surface area contributed by atoms with Gasteiger partial charge in [-0.3, -0.25) is 4.79 Å². The summed E-state index contributed by atoms with van der Waals surface area (Å²) in [6.45, 7) is 11.0. The number of nitrogens with one attached hydrogen (secondary N) is 1.